The standard InChI is InChI=1S/C16H18O2S2/c1-2-12-20(17,18)16-11-7-6-10-15(16)19-13-14-8-4-3-5-9-14/h3-11H,2,12-13H2,1H3. The van der Waals surface area contributed by atoms with E-state index in [2.05, 4.69) is 12.1 Å². The molecule has 0 amide bonds. The number of rotatable bonds is 6. The minimum atomic E-state index is -3.17. The molecule has 2 nitrogen and oxygen atoms in total. The number of hydrogen-bond acceptors (Lipinski definition) is 3. The van der Waals surface area contributed by atoms with Gasteiger partial charge in [0.1, 0.15) is 0 Å². The summed E-state index contributed by atoms with van der Waals surface area (Å²) in [5.74, 6) is 0.982. The quantitative estimate of drug-likeness (QED) is 0.751. The molecule has 0 N–H and O–H groups in total. The van der Waals surface area contributed by atoms with Crippen molar-refractivity contribution in [2.75, 3.05) is 5.75 Å². The minimum absolute atomic E-state index is 0.204. The molecular formula is C16H18O2S2. The zero-order chi connectivity index (χ0) is 14.4. The Labute approximate surface area is 125 Å². The van der Waals surface area contributed by atoms with Crippen LogP contribution < -0.4 is 0 Å². The fraction of sp³-hybridized carbons (Fsp3) is 0.250. The molecule has 0 aliphatic heterocycles. The van der Waals surface area contributed by atoms with Crippen molar-refractivity contribution in [1.29, 1.82) is 0 Å². The van der Waals surface area contributed by atoms with E-state index in [9.17, 15) is 8.42 Å². The molecule has 0 radical (unpaired) electrons. The summed E-state index contributed by atoms with van der Waals surface area (Å²) in [4.78, 5) is 1.30. The Balaban J connectivity index is 2.21. The number of sulfone groups is 1. The van der Waals surface area contributed by atoms with E-state index < -0.39 is 9.84 Å². The van der Waals surface area contributed by atoms with Crippen molar-refractivity contribution in [2.24, 2.45) is 0 Å². The van der Waals surface area contributed by atoms with Crippen molar-refractivity contribution in [3.05, 3.63) is 60.2 Å². The first-order valence-electron chi connectivity index (χ1n) is 6.62. The minimum Gasteiger partial charge on any atom is -0.224 e. The summed E-state index contributed by atoms with van der Waals surface area (Å²) in [5.41, 5.74) is 1.19. The van der Waals surface area contributed by atoms with Crippen LogP contribution in [-0.4, -0.2) is 14.2 Å². The van der Waals surface area contributed by atoms with E-state index in [1.165, 1.54) is 5.56 Å². The van der Waals surface area contributed by atoms with Crippen LogP contribution in [0, 0.1) is 0 Å². The predicted octanol–water partition coefficient (Wildman–Crippen LogP) is 4.16. The summed E-state index contributed by atoms with van der Waals surface area (Å²) in [6.45, 7) is 1.89. The van der Waals surface area contributed by atoms with Crippen LogP contribution in [0.15, 0.2) is 64.4 Å². The van der Waals surface area contributed by atoms with Gasteiger partial charge in [-0.1, -0.05) is 49.4 Å². The Morgan fingerprint density at radius 3 is 2.30 bits per heavy atom. The molecule has 0 saturated heterocycles. The largest absolute Gasteiger partial charge is 0.224 e. The third-order valence-electron chi connectivity index (χ3n) is 2.89. The van der Waals surface area contributed by atoms with E-state index in [0.717, 1.165) is 10.6 Å². The maximum Gasteiger partial charge on any atom is 0.179 e. The molecule has 2 aromatic rings. The van der Waals surface area contributed by atoms with Crippen LogP contribution in [0.1, 0.15) is 18.9 Å². The Morgan fingerprint density at radius 2 is 1.60 bits per heavy atom. The molecule has 0 saturated carbocycles. The molecule has 106 valence electrons. The number of benzene rings is 2. The molecule has 2 rings (SSSR count). The zero-order valence-electron chi connectivity index (χ0n) is 11.5. The van der Waals surface area contributed by atoms with Gasteiger partial charge in [0.25, 0.3) is 0 Å². The van der Waals surface area contributed by atoms with Crippen LogP contribution in [0.2, 0.25) is 0 Å². The lowest BCUT2D eigenvalue weighted by molar-refractivity contribution is 0.592. The zero-order valence-corrected chi connectivity index (χ0v) is 13.1. The second-order valence-corrected chi connectivity index (χ2v) is 7.63. The van der Waals surface area contributed by atoms with E-state index in [0.29, 0.717) is 11.3 Å². The third kappa shape index (κ3) is 3.87. The van der Waals surface area contributed by atoms with Crippen LogP contribution in [-0.2, 0) is 15.6 Å². The summed E-state index contributed by atoms with van der Waals surface area (Å²) < 4.78 is 24.5. The van der Waals surface area contributed by atoms with Crippen LogP contribution in [0.25, 0.3) is 0 Å². The van der Waals surface area contributed by atoms with E-state index in [1.54, 1.807) is 23.9 Å². The maximum atomic E-state index is 12.3. The summed E-state index contributed by atoms with van der Waals surface area (Å²) in [7, 11) is -3.17. The van der Waals surface area contributed by atoms with E-state index in [4.69, 9.17) is 0 Å². The molecule has 2 aromatic carbocycles. The Morgan fingerprint density at radius 1 is 0.950 bits per heavy atom. The topological polar surface area (TPSA) is 34.1 Å². The summed E-state index contributed by atoms with van der Waals surface area (Å²) in [6, 6.07) is 17.3. The molecule has 0 unspecified atom stereocenters. The highest BCUT2D eigenvalue weighted by molar-refractivity contribution is 7.99. The van der Waals surface area contributed by atoms with Gasteiger partial charge < -0.3 is 0 Å². The van der Waals surface area contributed by atoms with Gasteiger partial charge in [-0.25, -0.2) is 8.42 Å². The molecule has 20 heavy (non-hydrogen) atoms. The van der Waals surface area contributed by atoms with Crippen molar-refractivity contribution in [3.8, 4) is 0 Å². The Bertz CT molecular complexity index is 649. The lowest BCUT2D eigenvalue weighted by Crippen LogP contribution is -2.07. The highest BCUT2D eigenvalue weighted by Crippen LogP contribution is 2.30. The molecule has 0 aliphatic carbocycles. The second-order valence-electron chi connectivity index (χ2n) is 4.54. The van der Waals surface area contributed by atoms with Crippen molar-refractivity contribution < 1.29 is 8.42 Å². The van der Waals surface area contributed by atoms with Crippen LogP contribution in [0.5, 0.6) is 0 Å². The van der Waals surface area contributed by atoms with Crippen molar-refractivity contribution in [1.82, 2.24) is 0 Å². The average Bonchev–Trinajstić information content (AvgIpc) is 2.46. The monoisotopic (exact) mass is 306 g/mol. The molecule has 0 heterocycles. The SMILES string of the molecule is CCCS(=O)(=O)c1ccccc1SCc1ccccc1. The Kier molecular flexibility index (Phi) is 5.26. The van der Waals surface area contributed by atoms with Gasteiger partial charge in [-0.3, -0.25) is 0 Å². The van der Waals surface area contributed by atoms with Gasteiger partial charge in [-0.2, -0.15) is 0 Å². The van der Waals surface area contributed by atoms with E-state index in [-0.39, 0.29) is 5.75 Å². The second kappa shape index (κ2) is 6.95. The van der Waals surface area contributed by atoms with Crippen LogP contribution >= 0.6 is 11.8 Å². The first kappa shape index (κ1) is 15.1. The molecule has 0 bridgehead atoms. The average molecular weight is 306 g/mol. The summed E-state index contributed by atoms with van der Waals surface area (Å²) in [6.07, 6.45) is 0.639. The number of thioether (sulfide) groups is 1. The molecule has 4 heteroatoms. The highest BCUT2D eigenvalue weighted by Gasteiger charge is 2.17. The van der Waals surface area contributed by atoms with E-state index >= 15 is 0 Å². The van der Waals surface area contributed by atoms with Gasteiger partial charge in [0.15, 0.2) is 9.84 Å². The fourth-order valence-electron chi connectivity index (χ4n) is 1.94. The van der Waals surface area contributed by atoms with Gasteiger partial charge in [-0.05, 0) is 24.1 Å². The van der Waals surface area contributed by atoms with Crippen molar-refractivity contribution >= 4 is 21.6 Å². The summed E-state index contributed by atoms with van der Waals surface area (Å²) in [5, 5.41) is 0. The van der Waals surface area contributed by atoms with Gasteiger partial charge in [-0.15, -0.1) is 11.8 Å². The Hall–Kier alpha value is -1.26. The normalized spacial score (nSPS) is 11.4. The van der Waals surface area contributed by atoms with Crippen molar-refractivity contribution in [3.63, 3.8) is 0 Å². The van der Waals surface area contributed by atoms with Crippen LogP contribution in [0.4, 0.5) is 0 Å². The fourth-order valence-corrected chi connectivity index (χ4v) is 4.82. The smallest absolute Gasteiger partial charge is 0.179 e. The van der Waals surface area contributed by atoms with Gasteiger partial charge >= 0.3 is 0 Å². The molecular weight excluding hydrogens is 288 g/mol. The lowest BCUT2D eigenvalue weighted by Gasteiger charge is -2.09. The molecule has 0 fully saturated rings. The van der Waals surface area contributed by atoms with Gasteiger partial charge in [0, 0.05) is 10.6 Å². The maximum absolute atomic E-state index is 12.3. The van der Waals surface area contributed by atoms with Gasteiger partial charge in [0.05, 0.1) is 10.6 Å². The van der Waals surface area contributed by atoms with Gasteiger partial charge in [0.2, 0.25) is 0 Å². The highest BCUT2D eigenvalue weighted by atomic mass is 32.2. The molecule has 0 spiro atoms. The predicted molar refractivity (Wildman–Crippen MR) is 84.8 cm³/mol. The molecule has 0 atom stereocenters. The molecule has 0 aliphatic rings. The van der Waals surface area contributed by atoms with E-state index in [1.807, 2.05) is 37.3 Å². The lowest BCUT2D eigenvalue weighted by atomic mass is 10.2. The molecule has 0 aromatic heterocycles. The summed E-state index contributed by atoms with van der Waals surface area (Å²) >= 11 is 1.57. The first-order valence-corrected chi connectivity index (χ1v) is 9.26. The van der Waals surface area contributed by atoms with Crippen molar-refractivity contribution in [2.45, 2.75) is 28.9 Å². The number of hydrogen-bond donors (Lipinski definition) is 0. The third-order valence-corrected chi connectivity index (χ3v) is 6.14. The first-order chi connectivity index (χ1) is 9.63. The van der Waals surface area contributed by atoms with Crippen LogP contribution in [0.3, 0.4) is 0 Å².